The molecule has 1 aromatic carbocycles. The lowest BCUT2D eigenvalue weighted by atomic mass is 9.86. The van der Waals surface area contributed by atoms with Crippen LogP contribution in [0.2, 0.25) is 0 Å². The predicted molar refractivity (Wildman–Crippen MR) is 92.0 cm³/mol. The Labute approximate surface area is 143 Å². The molecule has 1 aromatic rings. The Morgan fingerprint density at radius 3 is 2.58 bits per heavy atom. The molecule has 1 saturated carbocycles. The number of amides is 1. The van der Waals surface area contributed by atoms with Crippen molar-refractivity contribution in [1.29, 1.82) is 0 Å². The van der Waals surface area contributed by atoms with Crippen LogP contribution in [0.15, 0.2) is 12.1 Å². The summed E-state index contributed by atoms with van der Waals surface area (Å²) in [6, 6.07) is 3.41. The van der Waals surface area contributed by atoms with Crippen molar-refractivity contribution < 1.29 is 19.4 Å². The van der Waals surface area contributed by atoms with Crippen LogP contribution in [0, 0.1) is 19.8 Å². The third-order valence-electron chi connectivity index (χ3n) is 5.01. The van der Waals surface area contributed by atoms with Crippen LogP contribution >= 0.6 is 0 Å². The lowest BCUT2D eigenvalue weighted by molar-refractivity contribution is -0.130. The van der Waals surface area contributed by atoms with E-state index in [0.29, 0.717) is 11.5 Å². The number of hydrogen-bond acceptors (Lipinski definition) is 4. The molecule has 5 heteroatoms. The Hall–Kier alpha value is -2.04. The van der Waals surface area contributed by atoms with Crippen LogP contribution in [0.1, 0.15) is 61.0 Å². The maximum Gasteiger partial charge on any atom is 0.342 e. The summed E-state index contributed by atoms with van der Waals surface area (Å²) in [7, 11) is 0. The number of carbonyl (C=O) groups excluding carboxylic acids is 2. The molecule has 0 bridgehead atoms. The van der Waals surface area contributed by atoms with Gasteiger partial charge >= 0.3 is 5.97 Å². The summed E-state index contributed by atoms with van der Waals surface area (Å²) in [5, 5.41) is 13.1. The van der Waals surface area contributed by atoms with E-state index in [-0.39, 0.29) is 23.3 Å². The number of aromatic hydroxyl groups is 1. The molecular weight excluding hydrogens is 306 g/mol. The first kappa shape index (κ1) is 18.3. The highest BCUT2D eigenvalue weighted by molar-refractivity contribution is 5.95. The molecule has 1 fully saturated rings. The van der Waals surface area contributed by atoms with Crippen LogP contribution in [0.25, 0.3) is 0 Å². The third kappa shape index (κ3) is 4.08. The van der Waals surface area contributed by atoms with Crippen LogP contribution < -0.4 is 5.32 Å². The molecule has 0 unspecified atom stereocenters. The summed E-state index contributed by atoms with van der Waals surface area (Å²) in [6.07, 6.45) is 3.48. The predicted octanol–water partition coefficient (Wildman–Crippen LogP) is 3.25. The van der Waals surface area contributed by atoms with E-state index < -0.39 is 12.1 Å². The first-order valence-electron chi connectivity index (χ1n) is 8.61. The number of hydrogen-bond donors (Lipinski definition) is 2. The molecule has 0 aliphatic heterocycles. The molecule has 0 saturated heterocycles. The van der Waals surface area contributed by atoms with Crippen molar-refractivity contribution in [2.75, 3.05) is 0 Å². The van der Waals surface area contributed by atoms with Gasteiger partial charge in [-0.2, -0.15) is 0 Å². The van der Waals surface area contributed by atoms with Crippen molar-refractivity contribution in [3.05, 3.63) is 28.8 Å². The largest absolute Gasteiger partial charge is 0.507 e. The summed E-state index contributed by atoms with van der Waals surface area (Å²) < 4.78 is 5.24. The van der Waals surface area contributed by atoms with Gasteiger partial charge in [0.1, 0.15) is 11.3 Å². The van der Waals surface area contributed by atoms with Gasteiger partial charge in [0.05, 0.1) is 0 Å². The summed E-state index contributed by atoms with van der Waals surface area (Å²) in [4.78, 5) is 24.5. The molecule has 2 rings (SSSR count). The normalized spacial score (nSPS) is 21.8. The first-order valence-corrected chi connectivity index (χ1v) is 8.61. The van der Waals surface area contributed by atoms with Gasteiger partial charge < -0.3 is 15.2 Å². The van der Waals surface area contributed by atoms with Crippen LogP contribution in [-0.4, -0.2) is 29.1 Å². The van der Waals surface area contributed by atoms with Gasteiger partial charge in [0.25, 0.3) is 5.91 Å². The molecule has 132 valence electrons. The lowest BCUT2D eigenvalue weighted by Gasteiger charge is -2.30. The first-order chi connectivity index (χ1) is 11.3. The average Bonchev–Trinajstić information content (AvgIpc) is 2.54. The van der Waals surface area contributed by atoms with E-state index in [0.717, 1.165) is 24.8 Å². The number of ether oxygens (including phenoxy) is 1. The zero-order valence-corrected chi connectivity index (χ0v) is 14.9. The molecule has 1 amide bonds. The summed E-state index contributed by atoms with van der Waals surface area (Å²) >= 11 is 0. The van der Waals surface area contributed by atoms with Gasteiger partial charge in [0.15, 0.2) is 6.10 Å². The molecule has 3 atom stereocenters. The fourth-order valence-corrected chi connectivity index (χ4v) is 3.07. The molecule has 24 heavy (non-hydrogen) atoms. The van der Waals surface area contributed by atoms with E-state index in [4.69, 9.17) is 4.74 Å². The molecule has 1 aliphatic carbocycles. The SMILES string of the molecule is Cc1ccc(C(=O)O[C@H](C)C(=O)N[C@@H]2CCCC[C@H]2C)c(O)c1C. The van der Waals surface area contributed by atoms with Crippen molar-refractivity contribution in [3.8, 4) is 5.75 Å². The molecule has 1 aliphatic rings. The van der Waals surface area contributed by atoms with Gasteiger partial charge in [-0.25, -0.2) is 4.79 Å². The molecule has 0 aromatic heterocycles. The second-order valence-corrected chi connectivity index (χ2v) is 6.83. The van der Waals surface area contributed by atoms with E-state index in [1.165, 1.54) is 12.5 Å². The maximum atomic E-state index is 12.3. The third-order valence-corrected chi connectivity index (χ3v) is 5.01. The van der Waals surface area contributed by atoms with Gasteiger partial charge in [-0.15, -0.1) is 0 Å². The fraction of sp³-hybridized carbons (Fsp3) is 0.579. The lowest BCUT2D eigenvalue weighted by Crippen LogP contribution is -2.46. The summed E-state index contributed by atoms with van der Waals surface area (Å²) in [5.41, 5.74) is 1.61. The number of esters is 1. The summed E-state index contributed by atoms with van der Waals surface area (Å²) in [6.45, 7) is 7.28. The van der Waals surface area contributed by atoms with Crippen molar-refractivity contribution in [2.24, 2.45) is 5.92 Å². The molecule has 0 spiro atoms. The minimum Gasteiger partial charge on any atom is -0.507 e. The Morgan fingerprint density at radius 1 is 1.25 bits per heavy atom. The Morgan fingerprint density at radius 2 is 1.92 bits per heavy atom. The highest BCUT2D eigenvalue weighted by Crippen LogP contribution is 2.26. The number of carbonyl (C=O) groups is 2. The highest BCUT2D eigenvalue weighted by atomic mass is 16.5. The molecule has 0 heterocycles. The number of rotatable bonds is 4. The highest BCUT2D eigenvalue weighted by Gasteiger charge is 2.27. The summed E-state index contributed by atoms with van der Waals surface area (Å²) in [5.74, 6) is -0.622. The van der Waals surface area contributed by atoms with E-state index in [2.05, 4.69) is 12.2 Å². The number of benzene rings is 1. The van der Waals surface area contributed by atoms with Gasteiger partial charge in [0, 0.05) is 6.04 Å². The number of aryl methyl sites for hydroxylation is 1. The van der Waals surface area contributed by atoms with E-state index in [9.17, 15) is 14.7 Å². The smallest absolute Gasteiger partial charge is 0.342 e. The van der Waals surface area contributed by atoms with E-state index in [1.807, 2.05) is 6.92 Å². The zero-order chi connectivity index (χ0) is 17.9. The minimum absolute atomic E-state index is 0.0868. The topological polar surface area (TPSA) is 75.6 Å². The zero-order valence-electron chi connectivity index (χ0n) is 14.9. The number of nitrogens with one attached hydrogen (secondary N) is 1. The Balaban J connectivity index is 1.98. The number of phenols is 1. The second kappa shape index (κ2) is 7.69. The van der Waals surface area contributed by atoms with E-state index >= 15 is 0 Å². The monoisotopic (exact) mass is 333 g/mol. The second-order valence-electron chi connectivity index (χ2n) is 6.83. The average molecular weight is 333 g/mol. The van der Waals surface area contributed by atoms with E-state index in [1.54, 1.807) is 19.9 Å². The van der Waals surface area contributed by atoms with Gasteiger partial charge in [-0.05, 0) is 56.7 Å². The van der Waals surface area contributed by atoms with Crippen molar-refractivity contribution in [1.82, 2.24) is 5.32 Å². The Bertz CT molecular complexity index is 626. The maximum absolute atomic E-state index is 12.3. The van der Waals surface area contributed by atoms with Crippen LogP contribution in [0.3, 0.4) is 0 Å². The van der Waals surface area contributed by atoms with Crippen molar-refractivity contribution in [3.63, 3.8) is 0 Å². The van der Waals surface area contributed by atoms with Gasteiger partial charge in [-0.1, -0.05) is 25.8 Å². The standard InChI is InChI=1S/C19H27NO4/c1-11-9-10-15(17(21)13(11)3)19(23)24-14(4)18(22)20-16-8-6-5-7-12(16)2/h9-10,12,14,16,21H,5-8H2,1-4H3,(H,20,22)/t12-,14-,16-/m1/s1. The fourth-order valence-electron chi connectivity index (χ4n) is 3.07. The van der Waals surface area contributed by atoms with Crippen molar-refractivity contribution in [2.45, 2.75) is 65.5 Å². The molecule has 2 N–H and O–H groups in total. The number of phenolic OH excluding ortho intramolecular Hbond substituents is 1. The van der Waals surface area contributed by atoms with Crippen molar-refractivity contribution >= 4 is 11.9 Å². The minimum atomic E-state index is -0.896. The quantitative estimate of drug-likeness (QED) is 0.829. The van der Waals surface area contributed by atoms with Gasteiger partial charge in [0.2, 0.25) is 0 Å². The Kier molecular flexibility index (Phi) is 5.86. The van der Waals surface area contributed by atoms with Crippen LogP contribution in [-0.2, 0) is 9.53 Å². The van der Waals surface area contributed by atoms with Crippen LogP contribution in [0.4, 0.5) is 0 Å². The van der Waals surface area contributed by atoms with Crippen LogP contribution in [0.5, 0.6) is 5.75 Å². The molecular formula is C19H27NO4. The van der Waals surface area contributed by atoms with Gasteiger partial charge in [-0.3, -0.25) is 4.79 Å². The molecule has 0 radical (unpaired) electrons. The molecule has 5 nitrogen and oxygen atoms in total.